The predicted molar refractivity (Wildman–Crippen MR) is 121 cm³/mol. The van der Waals surface area contributed by atoms with E-state index < -0.39 is 0 Å². The van der Waals surface area contributed by atoms with Gasteiger partial charge in [-0.15, -0.1) is 11.8 Å². The summed E-state index contributed by atoms with van der Waals surface area (Å²) in [5, 5.41) is 2.83. The lowest BCUT2D eigenvalue weighted by molar-refractivity contribution is -0.131. The number of carbonyl (C=O) groups is 3. The van der Waals surface area contributed by atoms with Gasteiger partial charge in [-0.2, -0.15) is 0 Å². The van der Waals surface area contributed by atoms with Gasteiger partial charge in [0.1, 0.15) is 6.54 Å². The number of hydrogen-bond donors (Lipinski definition) is 1. The van der Waals surface area contributed by atoms with Crippen molar-refractivity contribution in [2.24, 2.45) is 0 Å². The summed E-state index contributed by atoms with van der Waals surface area (Å²) in [5.41, 5.74) is 0.676. The highest BCUT2D eigenvalue weighted by Crippen LogP contribution is 2.33. The first-order valence-electron chi connectivity index (χ1n) is 11.1. The lowest BCUT2D eigenvalue weighted by Crippen LogP contribution is -2.42. The van der Waals surface area contributed by atoms with Gasteiger partial charge in [-0.3, -0.25) is 14.4 Å². The van der Waals surface area contributed by atoms with Gasteiger partial charge in [0.05, 0.1) is 10.9 Å². The number of piperidine rings is 1. The van der Waals surface area contributed by atoms with Crippen molar-refractivity contribution >= 4 is 35.7 Å². The number of nitrogens with one attached hydrogen (secondary N) is 1. The molecule has 6 nitrogen and oxygen atoms in total. The zero-order chi connectivity index (χ0) is 21.3. The minimum Gasteiger partial charge on any atom is -0.352 e. The van der Waals surface area contributed by atoms with E-state index in [0.717, 1.165) is 56.5 Å². The van der Waals surface area contributed by atoms with Gasteiger partial charge in [0.25, 0.3) is 0 Å². The van der Waals surface area contributed by atoms with Crippen molar-refractivity contribution in [1.29, 1.82) is 0 Å². The lowest BCUT2D eigenvalue weighted by Gasteiger charge is -2.29. The average Bonchev–Trinajstić information content (AvgIpc) is 2.78. The summed E-state index contributed by atoms with van der Waals surface area (Å²) in [6, 6.07) is 7.71. The molecule has 1 unspecified atom stereocenters. The molecule has 1 saturated carbocycles. The van der Waals surface area contributed by atoms with Gasteiger partial charge in [0, 0.05) is 24.0 Å². The van der Waals surface area contributed by atoms with Crippen LogP contribution in [0.5, 0.6) is 0 Å². The smallest absolute Gasteiger partial charge is 0.240 e. The Morgan fingerprint density at radius 1 is 1.13 bits per heavy atom. The largest absolute Gasteiger partial charge is 0.352 e. The SMILES string of the molecule is CC(Sc1ccccc1N(C=O)CC(=O)NC1CCCCC1)C(=O)N1CCCCC1. The van der Waals surface area contributed by atoms with Crippen LogP contribution in [0.2, 0.25) is 0 Å². The molecule has 0 aromatic heterocycles. The fourth-order valence-corrected chi connectivity index (χ4v) is 5.35. The van der Waals surface area contributed by atoms with Crippen molar-refractivity contribution in [3.05, 3.63) is 24.3 Å². The third kappa shape index (κ3) is 6.24. The number of nitrogens with zero attached hydrogens (tertiary/aromatic N) is 2. The second-order valence-corrected chi connectivity index (χ2v) is 9.63. The van der Waals surface area contributed by atoms with Crippen LogP contribution in [0, 0.1) is 0 Å². The Bertz CT molecular complexity index is 730. The summed E-state index contributed by atoms with van der Waals surface area (Å²) in [7, 11) is 0. The fraction of sp³-hybridized carbons (Fsp3) is 0.609. The number of amides is 3. The molecule has 0 radical (unpaired) electrons. The number of para-hydroxylation sites is 1. The van der Waals surface area contributed by atoms with E-state index >= 15 is 0 Å². The standard InChI is InChI=1S/C23H33N3O3S/c1-18(23(29)25-14-8-3-9-15-25)30-21-13-7-6-12-20(21)26(17-27)16-22(28)24-19-10-4-2-5-11-19/h6-7,12-13,17-19H,2-5,8-11,14-16H2,1H3,(H,24,28). The third-order valence-corrected chi connectivity index (χ3v) is 7.06. The van der Waals surface area contributed by atoms with Crippen LogP contribution >= 0.6 is 11.8 Å². The third-order valence-electron chi connectivity index (χ3n) is 5.91. The molecule has 1 aliphatic carbocycles. The van der Waals surface area contributed by atoms with Crippen LogP contribution in [0.1, 0.15) is 58.3 Å². The van der Waals surface area contributed by atoms with E-state index in [9.17, 15) is 14.4 Å². The minimum absolute atomic E-state index is 0.00791. The normalized spacial score (nSPS) is 18.5. The molecule has 30 heavy (non-hydrogen) atoms. The molecule has 1 aromatic carbocycles. The van der Waals surface area contributed by atoms with Gasteiger partial charge in [0.2, 0.25) is 18.2 Å². The maximum Gasteiger partial charge on any atom is 0.240 e. The van der Waals surface area contributed by atoms with Gasteiger partial charge < -0.3 is 15.1 Å². The first kappa shape index (κ1) is 22.7. The molecule has 164 valence electrons. The second kappa shape index (κ2) is 11.4. The number of likely N-dealkylation sites (tertiary alicyclic amines) is 1. The molecule has 0 spiro atoms. The van der Waals surface area contributed by atoms with Crippen molar-refractivity contribution in [3.8, 4) is 0 Å². The number of anilines is 1. The van der Waals surface area contributed by atoms with Crippen LogP contribution in [0.4, 0.5) is 5.69 Å². The molecule has 1 N–H and O–H groups in total. The molecule has 1 atom stereocenters. The number of rotatable bonds is 8. The summed E-state index contributed by atoms with van der Waals surface area (Å²) >= 11 is 1.45. The molecule has 7 heteroatoms. The van der Waals surface area contributed by atoms with Crippen LogP contribution in [0.3, 0.4) is 0 Å². The first-order chi connectivity index (χ1) is 14.6. The number of thioether (sulfide) groups is 1. The highest BCUT2D eigenvalue weighted by atomic mass is 32.2. The van der Waals surface area contributed by atoms with Crippen LogP contribution in [-0.2, 0) is 14.4 Å². The molecular formula is C23H33N3O3S. The van der Waals surface area contributed by atoms with Crippen molar-refractivity contribution in [2.75, 3.05) is 24.5 Å². The van der Waals surface area contributed by atoms with Crippen molar-refractivity contribution < 1.29 is 14.4 Å². The molecule has 1 saturated heterocycles. The first-order valence-corrected chi connectivity index (χ1v) is 12.0. The van der Waals surface area contributed by atoms with E-state index in [-0.39, 0.29) is 29.7 Å². The van der Waals surface area contributed by atoms with Crippen molar-refractivity contribution in [3.63, 3.8) is 0 Å². The fourth-order valence-electron chi connectivity index (χ4n) is 4.26. The second-order valence-electron chi connectivity index (χ2n) is 8.25. The Labute approximate surface area is 183 Å². The maximum absolute atomic E-state index is 12.8. The van der Waals surface area contributed by atoms with Crippen LogP contribution < -0.4 is 10.2 Å². The molecule has 1 aliphatic heterocycles. The zero-order valence-corrected chi connectivity index (χ0v) is 18.7. The average molecular weight is 432 g/mol. The van der Waals surface area contributed by atoms with Gasteiger partial charge in [0.15, 0.2) is 0 Å². The van der Waals surface area contributed by atoms with Crippen molar-refractivity contribution in [1.82, 2.24) is 10.2 Å². The zero-order valence-electron chi connectivity index (χ0n) is 17.8. The topological polar surface area (TPSA) is 69.7 Å². The molecule has 3 rings (SSSR count). The Hall–Kier alpha value is -2.02. The van der Waals surface area contributed by atoms with Gasteiger partial charge >= 0.3 is 0 Å². The molecule has 0 bridgehead atoms. The quantitative estimate of drug-likeness (QED) is 0.504. The minimum atomic E-state index is -0.242. The van der Waals surface area contributed by atoms with E-state index in [4.69, 9.17) is 0 Å². The maximum atomic E-state index is 12.8. The van der Waals surface area contributed by atoms with Crippen LogP contribution in [0.15, 0.2) is 29.2 Å². The molecule has 2 fully saturated rings. The molecular weight excluding hydrogens is 398 g/mol. The van der Waals surface area contributed by atoms with Gasteiger partial charge in [-0.1, -0.05) is 31.4 Å². The summed E-state index contributed by atoms with van der Waals surface area (Å²) < 4.78 is 0. The van der Waals surface area contributed by atoms with Crippen LogP contribution in [0.25, 0.3) is 0 Å². The Balaban J connectivity index is 1.63. The van der Waals surface area contributed by atoms with Gasteiger partial charge in [-0.05, 0) is 51.2 Å². The number of benzene rings is 1. The van der Waals surface area contributed by atoms with E-state index in [2.05, 4.69) is 5.32 Å². The van der Waals surface area contributed by atoms with E-state index in [1.807, 2.05) is 36.1 Å². The Morgan fingerprint density at radius 2 is 1.80 bits per heavy atom. The molecule has 2 aliphatic rings. The Morgan fingerprint density at radius 3 is 2.50 bits per heavy atom. The number of carbonyl (C=O) groups excluding carboxylic acids is 3. The molecule has 1 aromatic rings. The van der Waals surface area contributed by atoms with Crippen molar-refractivity contribution in [2.45, 2.75) is 74.5 Å². The summed E-state index contributed by atoms with van der Waals surface area (Å²) in [6.07, 6.45) is 9.55. The van der Waals surface area contributed by atoms with Gasteiger partial charge in [-0.25, -0.2) is 0 Å². The van der Waals surface area contributed by atoms with E-state index in [0.29, 0.717) is 12.1 Å². The Kier molecular flexibility index (Phi) is 8.61. The highest BCUT2D eigenvalue weighted by Gasteiger charge is 2.25. The molecule has 1 heterocycles. The van der Waals surface area contributed by atoms with E-state index in [1.54, 1.807) is 0 Å². The number of hydrogen-bond acceptors (Lipinski definition) is 4. The molecule has 3 amide bonds. The summed E-state index contributed by atoms with van der Waals surface area (Å²) in [6.45, 7) is 3.56. The summed E-state index contributed by atoms with van der Waals surface area (Å²) in [5.74, 6) is 0.00782. The lowest BCUT2D eigenvalue weighted by atomic mass is 9.95. The monoisotopic (exact) mass is 431 g/mol. The summed E-state index contributed by atoms with van der Waals surface area (Å²) in [4.78, 5) is 41.4. The van der Waals surface area contributed by atoms with E-state index in [1.165, 1.54) is 29.5 Å². The predicted octanol–water partition coefficient (Wildman–Crippen LogP) is 3.59. The van der Waals surface area contributed by atoms with Crippen LogP contribution in [-0.4, -0.2) is 54.1 Å². The highest BCUT2D eigenvalue weighted by molar-refractivity contribution is 8.00.